The summed E-state index contributed by atoms with van der Waals surface area (Å²) in [5.74, 6) is 1.15. The summed E-state index contributed by atoms with van der Waals surface area (Å²) in [6.07, 6.45) is 4.43. The third-order valence-corrected chi connectivity index (χ3v) is 4.27. The van der Waals surface area contributed by atoms with E-state index in [1.54, 1.807) is 0 Å². The zero-order valence-electron chi connectivity index (χ0n) is 9.77. The summed E-state index contributed by atoms with van der Waals surface area (Å²) in [6, 6.07) is 0. The van der Waals surface area contributed by atoms with Gasteiger partial charge in [-0.05, 0) is 51.9 Å². The molecular weight excluding hydrogens is 210 g/mol. The van der Waals surface area contributed by atoms with Crippen molar-refractivity contribution in [2.45, 2.75) is 56.9 Å². The predicted molar refractivity (Wildman–Crippen MR) is 61.9 cm³/mol. The number of amides is 1. The van der Waals surface area contributed by atoms with Gasteiger partial charge in [0.25, 0.3) is 0 Å². The molecule has 2 bridgehead atoms. The number of hydrogen-bond acceptors (Lipinski definition) is 1. The Hall–Kier alpha value is -0.240. The highest BCUT2D eigenvalue weighted by Gasteiger charge is 2.54. The van der Waals surface area contributed by atoms with Gasteiger partial charge in [-0.3, -0.25) is 4.79 Å². The van der Waals surface area contributed by atoms with Gasteiger partial charge < -0.3 is 5.32 Å². The average molecular weight is 230 g/mol. The Morgan fingerprint density at radius 1 is 1.40 bits per heavy atom. The molecule has 0 aromatic heterocycles. The minimum Gasteiger partial charge on any atom is -0.350 e. The number of fused-ring (bicyclic) bond motifs is 2. The van der Waals surface area contributed by atoms with Crippen molar-refractivity contribution in [3.63, 3.8) is 0 Å². The highest BCUT2D eigenvalue weighted by atomic mass is 35.5. The van der Waals surface area contributed by atoms with Gasteiger partial charge in [-0.1, -0.05) is 6.42 Å². The molecule has 2 aliphatic rings. The molecule has 0 aromatic rings. The van der Waals surface area contributed by atoms with Crippen molar-refractivity contribution in [2.75, 3.05) is 0 Å². The molecule has 3 atom stereocenters. The Labute approximate surface area is 96.8 Å². The summed E-state index contributed by atoms with van der Waals surface area (Å²) in [7, 11) is 0. The van der Waals surface area contributed by atoms with Crippen LogP contribution in [0, 0.1) is 11.8 Å². The summed E-state index contributed by atoms with van der Waals surface area (Å²) in [5, 5.41) is 3.02. The first-order valence-electron chi connectivity index (χ1n) is 5.83. The minimum atomic E-state index is -0.601. The Bertz CT molecular complexity index is 284. The Morgan fingerprint density at radius 3 is 2.47 bits per heavy atom. The van der Waals surface area contributed by atoms with E-state index in [0.717, 1.165) is 19.3 Å². The molecule has 0 saturated heterocycles. The summed E-state index contributed by atoms with van der Waals surface area (Å²) in [6.45, 7) is 6.00. The van der Waals surface area contributed by atoms with Gasteiger partial charge in [0.1, 0.15) is 4.87 Å². The second-order valence-electron chi connectivity index (χ2n) is 6.15. The number of nitrogens with one attached hydrogen (secondary N) is 1. The fourth-order valence-corrected chi connectivity index (χ4v) is 3.45. The third kappa shape index (κ3) is 2.01. The van der Waals surface area contributed by atoms with Crippen LogP contribution in [0.2, 0.25) is 0 Å². The smallest absolute Gasteiger partial charge is 0.241 e. The summed E-state index contributed by atoms with van der Waals surface area (Å²) in [4.78, 5) is 11.5. The van der Waals surface area contributed by atoms with Crippen LogP contribution in [0.3, 0.4) is 0 Å². The molecule has 0 aliphatic heterocycles. The monoisotopic (exact) mass is 229 g/mol. The van der Waals surface area contributed by atoms with Crippen molar-refractivity contribution >= 4 is 17.5 Å². The van der Waals surface area contributed by atoms with Gasteiger partial charge in [0, 0.05) is 5.54 Å². The molecule has 0 spiro atoms. The van der Waals surface area contributed by atoms with Crippen LogP contribution in [0.25, 0.3) is 0 Å². The second-order valence-corrected chi connectivity index (χ2v) is 6.82. The van der Waals surface area contributed by atoms with E-state index in [2.05, 4.69) is 5.32 Å². The molecule has 1 amide bonds. The lowest BCUT2D eigenvalue weighted by atomic mass is 9.86. The van der Waals surface area contributed by atoms with Crippen molar-refractivity contribution in [1.29, 1.82) is 0 Å². The van der Waals surface area contributed by atoms with E-state index < -0.39 is 4.87 Å². The van der Waals surface area contributed by atoms with Gasteiger partial charge >= 0.3 is 0 Å². The van der Waals surface area contributed by atoms with Crippen LogP contribution >= 0.6 is 11.6 Å². The third-order valence-electron chi connectivity index (χ3n) is 3.64. The van der Waals surface area contributed by atoms with Crippen molar-refractivity contribution in [1.82, 2.24) is 5.32 Å². The van der Waals surface area contributed by atoms with Crippen LogP contribution in [0.4, 0.5) is 0 Å². The van der Waals surface area contributed by atoms with E-state index in [4.69, 9.17) is 11.6 Å². The van der Waals surface area contributed by atoms with Crippen LogP contribution in [0.1, 0.15) is 46.5 Å². The number of carbonyl (C=O) groups is 1. The van der Waals surface area contributed by atoms with E-state index in [1.165, 1.54) is 6.42 Å². The number of hydrogen-bond donors (Lipinski definition) is 1. The van der Waals surface area contributed by atoms with Gasteiger partial charge in [-0.25, -0.2) is 0 Å². The fraction of sp³-hybridized carbons (Fsp3) is 0.917. The van der Waals surface area contributed by atoms with Gasteiger partial charge in [-0.2, -0.15) is 0 Å². The molecule has 0 radical (unpaired) electrons. The van der Waals surface area contributed by atoms with Crippen molar-refractivity contribution in [3.8, 4) is 0 Å². The maximum atomic E-state index is 12.1. The molecule has 2 nitrogen and oxygen atoms in total. The zero-order valence-corrected chi connectivity index (χ0v) is 10.5. The lowest BCUT2D eigenvalue weighted by Crippen LogP contribution is -2.52. The first kappa shape index (κ1) is 11.3. The lowest BCUT2D eigenvalue weighted by Gasteiger charge is -2.33. The van der Waals surface area contributed by atoms with Gasteiger partial charge in [0.2, 0.25) is 5.91 Å². The first-order valence-corrected chi connectivity index (χ1v) is 6.20. The Kier molecular flexibility index (Phi) is 2.53. The van der Waals surface area contributed by atoms with E-state index in [1.807, 2.05) is 20.8 Å². The van der Waals surface area contributed by atoms with Gasteiger partial charge in [-0.15, -0.1) is 11.6 Å². The second kappa shape index (κ2) is 3.38. The molecule has 15 heavy (non-hydrogen) atoms. The van der Waals surface area contributed by atoms with E-state index in [-0.39, 0.29) is 11.4 Å². The highest BCUT2D eigenvalue weighted by Crippen LogP contribution is 2.54. The Balaban J connectivity index is 2.07. The van der Waals surface area contributed by atoms with E-state index >= 15 is 0 Å². The summed E-state index contributed by atoms with van der Waals surface area (Å²) >= 11 is 6.51. The maximum Gasteiger partial charge on any atom is 0.241 e. The quantitative estimate of drug-likeness (QED) is 0.689. The largest absolute Gasteiger partial charge is 0.350 e. The molecule has 0 aromatic carbocycles. The van der Waals surface area contributed by atoms with Crippen molar-refractivity contribution in [3.05, 3.63) is 0 Å². The maximum absolute atomic E-state index is 12.1. The number of carbonyl (C=O) groups excluding carboxylic acids is 1. The molecule has 0 unspecified atom stereocenters. The fourth-order valence-electron chi connectivity index (χ4n) is 2.99. The average Bonchev–Trinajstić information content (AvgIpc) is 2.60. The zero-order chi connectivity index (χ0) is 11.3. The Morgan fingerprint density at radius 2 is 2.07 bits per heavy atom. The van der Waals surface area contributed by atoms with Gasteiger partial charge in [0.15, 0.2) is 0 Å². The molecule has 86 valence electrons. The minimum absolute atomic E-state index is 0.0452. The molecule has 0 heterocycles. The van der Waals surface area contributed by atoms with Crippen molar-refractivity contribution < 1.29 is 4.79 Å². The molecule has 3 heteroatoms. The highest BCUT2D eigenvalue weighted by molar-refractivity contribution is 6.35. The topological polar surface area (TPSA) is 29.1 Å². The first-order chi connectivity index (χ1) is 6.81. The molecule has 2 rings (SSSR count). The summed E-state index contributed by atoms with van der Waals surface area (Å²) < 4.78 is 0. The molecule has 2 fully saturated rings. The van der Waals surface area contributed by atoms with Gasteiger partial charge in [0.05, 0.1) is 0 Å². The lowest BCUT2D eigenvalue weighted by molar-refractivity contribution is -0.126. The van der Waals surface area contributed by atoms with Crippen molar-refractivity contribution in [2.24, 2.45) is 11.8 Å². The standard InChI is InChI=1S/C12H20ClNO/c1-11(2,3)14-10(15)12(13)7-8-4-5-9(12)6-8/h8-9H,4-7H2,1-3H3,(H,14,15)/t8-,9+,12-/m1/s1. The van der Waals surface area contributed by atoms with E-state index in [9.17, 15) is 4.79 Å². The number of rotatable bonds is 1. The van der Waals surface area contributed by atoms with Crippen LogP contribution < -0.4 is 5.32 Å². The molecular formula is C12H20ClNO. The molecule has 2 saturated carbocycles. The van der Waals surface area contributed by atoms with Crippen LogP contribution in [-0.4, -0.2) is 16.3 Å². The molecule has 1 N–H and O–H groups in total. The van der Waals surface area contributed by atoms with E-state index in [0.29, 0.717) is 11.8 Å². The van der Waals surface area contributed by atoms with Crippen LogP contribution in [0.15, 0.2) is 0 Å². The van der Waals surface area contributed by atoms with Crippen LogP contribution in [-0.2, 0) is 4.79 Å². The summed E-state index contributed by atoms with van der Waals surface area (Å²) in [5.41, 5.74) is -0.180. The normalized spacial score (nSPS) is 39.5. The SMILES string of the molecule is CC(C)(C)NC(=O)[C@@]1(Cl)C[C@@H]2CC[C@H]1C2. The molecule has 2 aliphatic carbocycles. The number of alkyl halides is 1. The predicted octanol–water partition coefficient (Wildman–Crippen LogP) is 2.70. The number of halogens is 1. The van der Waals surface area contributed by atoms with Crippen LogP contribution in [0.5, 0.6) is 0 Å².